The first-order valence-corrected chi connectivity index (χ1v) is 8.62. The largest absolute Gasteiger partial charge is 0.342 e. The van der Waals surface area contributed by atoms with Gasteiger partial charge in [-0.15, -0.1) is 0 Å². The van der Waals surface area contributed by atoms with Gasteiger partial charge in [-0.3, -0.25) is 14.5 Å². The van der Waals surface area contributed by atoms with E-state index in [9.17, 15) is 9.59 Å². The molecule has 2 saturated heterocycles. The summed E-state index contributed by atoms with van der Waals surface area (Å²) in [4.78, 5) is 28.9. The Bertz CT molecular complexity index is 540. The Labute approximate surface area is 137 Å². The smallest absolute Gasteiger partial charge is 0.241 e. The molecule has 0 aliphatic carbocycles. The summed E-state index contributed by atoms with van der Waals surface area (Å²) < 4.78 is 0. The summed E-state index contributed by atoms with van der Waals surface area (Å²) in [5, 5.41) is 2.96. The number of hydrogen-bond donors (Lipinski definition) is 1. The molecule has 0 aromatic heterocycles. The SMILES string of the molecule is O=C(Nc1ccccc1)[C@@H]1CCCN1CC(=O)N1CCCCC1. The highest BCUT2D eigenvalue weighted by Crippen LogP contribution is 2.20. The van der Waals surface area contributed by atoms with Crippen LogP contribution in [-0.2, 0) is 9.59 Å². The molecule has 1 aromatic rings. The van der Waals surface area contributed by atoms with Crippen molar-refractivity contribution in [3.8, 4) is 0 Å². The Morgan fingerprint density at radius 2 is 1.74 bits per heavy atom. The summed E-state index contributed by atoms with van der Waals surface area (Å²) in [5.74, 6) is 0.171. The minimum atomic E-state index is -0.191. The van der Waals surface area contributed by atoms with Gasteiger partial charge in [0, 0.05) is 18.8 Å². The first-order chi connectivity index (χ1) is 11.2. The molecule has 0 bridgehead atoms. The average Bonchev–Trinajstić information content (AvgIpc) is 3.05. The molecule has 2 amide bonds. The standard InChI is InChI=1S/C18H25N3O2/c22-17(20-11-5-2-6-12-20)14-21-13-7-10-16(21)18(23)19-15-8-3-1-4-9-15/h1,3-4,8-9,16H,2,5-7,10-14H2,(H,19,23)/t16-/m0/s1. The Balaban J connectivity index is 1.56. The van der Waals surface area contributed by atoms with E-state index in [4.69, 9.17) is 0 Å². The predicted molar refractivity (Wildman–Crippen MR) is 90.1 cm³/mol. The van der Waals surface area contributed by atoms with Crippen molar-refractivity contribution in [2.75, 3.05) is 31.5 Å². The van der Waals surface area contributed by atoms with Crippen LogP contribution in [0.4, 0.5) is 5.69 Å². The minimum Gasteiger partial charge on any atom is -0.342 e. The van der Waals surface area contributed by atoms with E-state index in [2.05, 4.69) is 5.32 Å². The van der Waals surface area contributed by atoms with Gasteiger partial charge >= 0.3 is 0 Å². The first-order valence-electron chi connectivity index (χ1n) is 8.62. The topological polar surface area (TPSA) is 52.7 Å². The lowest BCUT2D eigenvalue weighted by molar-refractivity contribution is -0.134. The molecule has 1 atom stereocenters. The van der Waals surface area contributed by atoms with Gasteiger partial charge in [-0.2, -0.15) is 0 Å². The highest BCUT2D eigenvalue weighted by molar-refractivity contribution is 5.95. The Morgan fingerprint density at radius 3 is 2.48 bits per heavy atom. The van der Waals surface area contributed by atoms with Gasteiger partial charge in [-0.1, -0.05) is 18.2 Å². The fourth-order valence-electron chi connectivity index (χ4n) is 3.48. The average molecular weight is 315 g/mol. The van der Waals surface area contributed by atoms with Crippen LogP contribution >= 0.6 is 0 Å². The number of para-hydroxylation sites is 1. The highest BCUT2D eigenvalue weighted by Gasteiger charge is 2.33. The number of piperidine rings is 1. The van der Waals surface area contributed by atoms with Gasteiger partial charge in [0.1, 0.15) is 0 Å². The highest BCUT2D eigenvalue weighted by atomic mass is 16.2. The van der Waals surface area contributed by atoms with Crippen LogP contribution in [0.25, 0.3) is 0 Å². The quantitative estimate of drug-likeness (QED) is 0.926. The van der Waals surface area contributed by atoms with Crippen LogP contribution < -0.4 is 5.32 Å². The molecule has 0 radical (unpaired) electrons. The van der Waals surface area contributed by atoms with Gasteiger partial charge in [0.2, 0.25) is 11.8 Å². The number of likely N-dealkylation sites (tertiary alicyclic amines) is 2. The van der Waals surface area contributed by atoms with Crippen molar-refractivity contribution in [3.63, 3.8) is 0 Å². The van der Waals surface area contributed by atoms with Gasteiger partial charge in [0.25, 0.3) is 0 Å². The Kier molecular flexibility index (Phi) is 5.28. The Hall–Kier alpha value is -1.88. The third-order valence-electron chi connectivity index (χ3n) is 4.75. The maximum atomic E-state index is 12.5. The van der Waals surface area contributed by atoms with Crippen LogP contribution in [0.2, 0.25) is 0 Å². The fraction of sp³-hybridized carbons (Fsp3) is 0.556. The molecule has 2 fully saturated rings. The van der Waals surface area contributed by atoms with Crippen molar-refractivity contribution in [1.29, 1.82) is 0 Å². The number of rotatable bonds is 4. The molecule has 23 heavy (non-hydrogen) atoms. The fourth-order valence-corrected chi connectivity index (χ4v) is 3.48. The van der Waals surface area contributed by atoms with Gasteiger partial charge < -0.3 is 10.2 Å². The monoisotopic (exact) mass is 315 g/mol. The van der Waals surface area contributed by atoms with E-state index < -0.39 is 0 Å². The van der Waals surface area contributed by atoms with Crippen LogP contribution in [0.1, 0.15) is 32.1 Å². The zero-order valence-electron chi connectivity index (χ0n) is 13.5. The molecule has 0 unspecified atom stereocenters. The molecule has 2 aliphatic rings. The van der Waals surface area contributed by atoms with Gasteiger partial charge in [-0.25, -0.2) is 0 Å². The maximum absolute atomic E-state index is 12.5. The summed E-state index contributed by atoms with van der Waals surface area (Å²) in [6, 6.07) is 9.31. The predicted octanol–water partition coefficient (Wildman–Crippen LogP) is 2.10. The summed E-state index contributed by atoms with van der Waals surface area (Å²) in [5.41, 5.74) is 0.812. The van der Waals surface area contributed by atoms with E-state index in [-0.39, 0.29) is 17.9 Å². The normalized spacial score (nSPS) is 22.1. The first kappa shape index (κ1) is 16.0. The number of nitrogens with one attached hydrogen (secondary N) is 1. The summed E-state index contributed by atoms with van der Waals surface area (Å²) in [6.07, 6.45) is 5.22. The molecular weight excluding hydrogens is 290 g/mol. The van der Waals surface area contributed by atoms with Crippen LogP contribution in [-0.4, -0.2) is 53.8 Å². The molecule has 5 heteroatoms. The van der Waals surface area contributed by atoms with Crippen molar-refractivity contribution < 1.29 is 9.59 Å². The lowest BCUT2D eigenvalue weighted by Gasteiger charge is -2.30. The zero-order valence-corrected chi connectivity index (χ0v) is 13.5. The number of anilines is 1. The third kappa shape index (κ3) is 4.10. The lowest BCUT2D eigenvalue weighted by Crippen LogP contribution is -2.47. The molecule has 2 heterocycles. The van der Waals surface area contributed by atoms with Crippen molar-refractivity contribution >= 4 is 17.5 Å². The van der Waals surface area contributed by atoms with E-state index in [1.807, 2.05) is 40.1 Å². The molecular formula is C18H25N3O2. The molecule has 2 aliphatic heterocycles. The van der Waals surface area contributed by atoms with Gasteiger partial charge in [-0.05, 0) is 50.8 Å². The number of carbonyl (C=O) groups excluding carboxylic acids is 2. The van der Waals surface area contributed by atoms with E-state index in [1.165, 1.54) is 6.42 Å². The van der Waals surface area contributed by atoms with E-state index in [1.54, 1.807) is 0 Å². The number of nitrogens with zero attached hydrogens (tertiary/aromatic N) is 2. The second-order valence-electron chi connectivity index (χ2n) is 6.43. The number of amides is 2. The van der Waals surface area contributed by atoms with Gasteiger partial charge in [0.05, 0.1) is 12.6 Å². The number of hydrogen-bond acceptors (Lipinski definition) is 3. The van der Waals surface area contributed by atoms with Crippen molar-refractivity contribution in [3.05, 3.63) is 30.3 Å². The number of carbonyl (C=O) groups is 2. The molecule has 1 aromatic carbocycles. The van der Waals surface area contributed by atoms with E-state index >= 15 is 0 Å². The van der Waals surface area contributed by atoms with Crippen LogP contribution in [0.3, 0.4) is 0 Å². The van der Waals surface area contributed by atoms with Crippen molar-refractivity contribution in [1.82, 2.24) is 9.80 Å². The van der Waals surface area contributed by atoms with E-state index in [0.29, 0.717) is 6.54 Å². The van der Waals surface area contributed by atoms with Crippen molar-refractivity contribution in [2.45, 2.75) is 38.1 Å². The molecule has 124 valence electrons. The van der Waals surface area contributed by atoms with Crippen LogP contribution in [0.15, 0.2) is 30.3 Å². The van der Waals surface area contributed by atoms with Crippen molar-refractivity contribution in [2.24, 2.45) is 0 Å². The Morgan fingerprint density at radius 1 is 1.00 bits per heavy atom. The summed E-state index contributed by atoms with van der Waals surface area (Å²) >= 11 is 0. The van der Waals surface area contributed by atoms with Gasteiger partial charge in [0.15, 0.2) is 0 Å². The second kappa shape index (κ2) is 7.59. The molecule has 5 nitrogen and oxygen atoms in total. The third-order valence-corrected chi connectivity index (χ3v) is 4.75. The molecule has 0 spiro atoms. The molecule has 3 rings (SSSR count). The second-order valence-corrected chi connectivity index (χ2v) is 6.43. The van der Waals surface area contributed by atoms with Crippen LogP contribution in [0, 0.1) is 0 Å². The summed E-state index contributed by atoms with van der Waals surface area (Å²) in [7, 11) is 0. The maximum Gasteiger partial charge on any atom is 0.241 e. The minimum absolute atomic E-state index is 0.000133. The zero-order chi connectivity index (χ0) is 16.1. The summed E-state index contributed by atoms with van der Waals surface area (Å²) in [6.45, 7) is 2.93. The molecule has 0 saturated carbocycles. The van der Waals surface area contributed by atoms with Crippen LogP contribution in [0.5, 0.6) is 0 Å². The number of benzene rings is 1. The van der Waals surface area contributed by atoms with E-state index in [0.717, 1.165) is 51.0 Å². The lowest BCUT2D eigenvalue weighted by atomic mass is 10.1. The molecule has 1 N–H and O–H groups in total.